The van der Waals surface area contributed by atoms with Crippen LogP contribution in [0.4, 0.5) is 5.82 Å². The van der Waals surface area contributed by atoms with Crippen LogP contribution in [0.25, 0.3) is 5.69 Å². The highest BCUT2D eigenvalue weighted by Gasteiger charge is 2.28. The van der Waals surface area contributed by atoms with Crippen LogP contribution < -0.4 is 5.32 Å². The molecule has 1 aromatic heterocycles. The SMILES string of the molecule is CCN(CCO)CC(=O)Nc1cc(C2CC2)nn1-c1ccccc1. The molecule has 6 heteroatoms. The summed E-state index contributed by atoms with van der Waals surface area (Å²) in [6, 6.07) is 11.8. The van der Waals surface area contributed by atoms with Gasteiger partial charge in [-0.3, -0.25) is 9.69 Å². The van der Waals surface area contributed by atoms with Crippen molar-refractivity contribution in [3.63, 3.8) is 0 Å². The van der Waals surface area contributed by atoms with Crippen molar-refractivity contribution in [3.05, 3.63) is 42.1 Å². The summed E-state index contributed by atoms with van der Waals surface area (Å²) in [4.78, 5) is 14.3. The number of carbonyl (C=O) groups excluding carboxylic acids is 1. The van der Waals surface area contributed by atoms with Crippen molar-refractivity contribution >= 4 is 11.7 Å². The first-order chi connectivity index (χ1) is 11.7. The number of para-hydroxylation sites is 1. The Morgan fingerprint density at radius 2 is 2.12 bits per heavy atom. The second kappa shape index (κ2) is 7.59. The van der Waals surface area contributed by atoms with Gasteiger partial charge in [0.2, 0.25) is 5.91 Å². The van der Waals surface area contributed by atoms with Crippen LogP contribution in [-0.2, 0) is 4.79 Å². The van der Waals surface area contributed by atoms with E-state index in [-0.39, 0.29) is 19.1 Å². The van der Waals surface area contributed by atoms with Gasteiger partial charge < -0.3 is 10.4 Å². The fraction of sp³-hybridized carbons (Fsp3) is 0.444. The molecule has 2 N–H and O–H groups in total. The van der Waals surface area contributed by atoms with E-state index in [9.17, 15) is 4.79 Å². The predicted molar refractivity (Wildman–Crippen MR) is 93.4 cm³/mol. The van der Waals surface area contributed by atoms with Crippen LogP contribution in [-0.4, -0.2) is 51.9 Å². The smallest absolute Gasteiger partial charge is 0.239 e. The van der Waals surface area contributed by atoms with Crippen LogP contribution >= 0.6 is 0 Å². The maximum absolute atomic E-state index is 12.4. The van der Waals surface area contributed by atoms with E-state index in [4.69, 9.17) is 5.11 Å². The van der Waals surface area contributed by atoms with E-state index in [2.05, 4.69) is 10.4 Å². The predicted octanol–water partition coefficient (Wildman–Crippen LogP) is 2.00. The van der Waals surface area contributed by atoms with Crippen LogP contribution in [0, 0.1) is 0 Å². The summed E-state index contributed by atoms with van der Waals surface area (Å²) in [7, 11) is 0. The van der Waals surface area contributed by atoms with Crippen molar-refractivity contribution in [1.29, 1.82) is 0 Å². The van der Waals surface area contributed by atoms with Gasteiger partial charge in [0.15, 0.2) is 0 Å². The normalized spacial score (nSPS) is 14.1. The molecule has 1 amide bonds. The number of aliphatic hydroxyl groups is 1. The van der Waals surface area contributed by atoms with Gasteiger partial charge in [-0.15, -0.1) is 0 Å². The number of amides is 1. The molecule has 1 aliphatic carbocycles. The van der Waals surface area contributed by atoms with Gasteiger partial charge in [0.25, 0.3) is 0 Å². The molecule has 0 atom stereocenters. The van der Waals surface area contributed by atoms with E-state index in [1.54, 1.807) is 4.68 Å². The highest BCUT2D eigenvalue weighted by Crippen LogP contribution is 2.40. The first-order valence-electron chi connectivity index (χ1n) is 8.49. The summed E-state index contributed by atoms with van der Waals surface area (Å²) in [6.07, 6.45) is 2.33. The number of hydrogen-bond acceptors (Lipinski definition) is 4. The molecule has 1 fully saturated rings. The second-order valence-corrected chi connectivity index (χ2v) is 6.12. The van der Waals surface area contributed by atoms with Gasteiger partial charge in [-0.05, 0) is 31.5 Å². The van der Waals surface area contributed by atoms with E-state index < -0.39 is 0 Å². The number of nitrogens with zero attached hydrogens (tertiary/aromatic N) is 3. The van der Waals surface area contributed by atoms with Crippen molar-refractivity contribution in [1.82, 2.24) is 14.7 Å². The van der Waals surface area contributed by atoms with Crippen molar-refractivity contribution in [2.75, 3.05) is 31.6 Å². The Hall–Kier alpha value is -2.18. The Labute approximate surface area is 142 Å². The highest BCUT2D eigenvalue weighted by molar-refractivity contribution is 5.91. The number of aliphatic hydroxyl groups excluding tert-OH is 1. The number of likely N-dealkylation sites (N-methyl/N-ethyl adjacent to an activating group) is 1. The Bertz CT molecular complexity index is 680. The lowest BCUT2D eigenvalue weighted by Gasteiger charge is -2.18. The summed E-state index contributed by atoms with van der Waals surface area (Å²) < 4.78 is 1.80. The number of nitrogens with one attached hydrogen (secondary N) is 1. The highest BCUT2D eigenvalue weighted by atomic mass is 16.3. The molecule has 24 heavy (non-hydrogen) atoms. The molecule has 3 rings (SSSR count). The van der Waals surface area contributed by atoms with Crippen molar-refractivity contribution in [3.8, 4) is 5.69 Å². The van der Waals surface area contributed by atoms with Crippen LogP contribution in [0.3, 0.4) is 0 Å². The third-order valence-corrected chi connectivity index (χ3v) is 4.22. The number of rotatable bonds is 8. The summed E-state index contributed by atoms with van der Waals surface area (Å²) in [5.74, 6) is 1.13. The molecule has 128 valence electrons. The lowest BCUT2D eigenvalue weighted by Crippen LogP contribution is -2.35. The summed E-state index contributed by atoms with van der Waals surface area (Å²) >= 11 is 0. The van der Waals surface area contributed by atoms with E-state index in [0.717, 1.165) is 17.9 Å². The minimum atomic E-state index is -0.0928. The zero-order valence-electron chi connectivity index (χ0n) is 14.0. The van der Waals surface area contributed by atoms with Gasteiger partial charge >= 0.3 is 0 Å². The fourth-order valence-electron chi connectivity index (χ4n) is 2.71. The quantitative estimate of drug-likeness (QED) is 0.777. The summed E-state index contributed by atoms with van der Waals surface area (Å²) in [5, 5.41) is 16.7. The maximum atomic E-state index is 12.4. The Kier molecular flexibility index (Phi) is 5.27. The summed E-state index contributed by atoms with van der Waals surface area (Å²) in [5.41, 5.74) is 1.97. The van der Waals surface area contributed by atoms with E-state index in [1.165, 1.54) is 12.8 Å². The largest absolute Gasteiger partial charge is 0.395 e. The lowest BCUT2D eigenvalue weighted by molar-refractivity contribution is -0.117. The van der Waals surface area contributed by atoms with Gasteiger partial charge in [0.1, 0.15) is 5.82 Å². The third kappa shape index (κ3) is 4.01. The first kappa shape index (κ1) is 16.7. The van der Waals surface area contributed by atoms with E-state index in [1.807, 2.05) is 48.2 Å². The maximum Gasteiger partial charge on any atom is 0.239 e. The standard InChI is InChI=1S/C18H24N4O2/c1-2-21(10-11-23)13-18(24)19-17-12-16(14-8-9-14)20-22(17)15-6-4-3-5-7-15/h3-7,12,14,23H,2,8-11,13H2,1H3,(H,19,24). The van der Waals surface area contributed by atoms with Gasteiger partial charge in [-0.25, -0.2) is 4.68 Å². The van der Waals surface area contributed by atoms with Crippen molar-refractivity contribution < 1.29 is 9.90 Å². The van der Waals surface area contributed by atoms with Gasteiger partial charge in [-0.2, -0.15) is 5.10 Å². The molecule has 1 aromatic carbocycles. The second-order valence-electron chi connectivity index (χ2n) is 6.12. The molecule has 6 nitrogen and oxygen atoms in total. The van der Waals surface area contributed by atoms with Crippen molar-refractivity contribution in [2.24, 2.45) is 0 Å². The Balaban J connectivity index is 1.78. The van der Waals surface area contributed by atoms with Crippen LogP contribution in [0.2, 0.25) is 0 Å². The molecule has 0 spiro atoms. The molecule has 0 unspecified atom stereocenters. The zero-order valence-corrected chi connectivity index (χ0v) is 14.0. The number of hydrogen-bond donors (Lipinski definition) is 2. The van der Waals surface area contributed by atoms with Crippen LogP contribution in [0.15, 0.2) is 36.4 Å². The minimum absolute atomic E-state index is 0.0505. The molecule has 0 aliphatic heterocycles. The van der Waals surface area contributed by atoms with Gasteiger partial charge in [-0.1, -0.05) is 25.1 Å². The Morgan fingerprint density at radius 3 is 2.75 bits per heavy atom. The van der Waals surface area contributed by atoms with Crippen molar-refractivity contribution in [2.45, 2.75) is 25.7 Å². The molecule has 0 radical (unpaired) electrons. The van der Waals surface area contributed by atoms with E-state index in [0.29, 0.717) is 18.3 Å². The summed E-state index contributed by atoms with van der Waals surface area (Å²) in [6.45, 7) is 3.50. The van der Waals surface area contributed by atoms with Crippen LogP contribution in [0.1, 0.15) is 31.4 Å². The Morgan fingerprint density at radius 1 is 1.38 bits per heavy atom. The molecule has 1 saturated carbocycles. The third-order valence-electron chi connectivity index (χ3n) is 4.22. The number of aromatic nitrogens is 2. The zero-order chi connectivity index (χ0) is 16.9. The monoisotopic (exact) mass is 328 g/mol. The lowest BCUT2D eigenvalue weighted by atomic mass is 10.3. The number of anilines is 1. The van der Waals surface area contributed by atoms with Gasteiger partial charge in [0.05, 0.1) is 24.5 Å². The molecule has 0 saturated heterocycles. The first-order valence-corrected chi connectivity index (χ1v) is 8.49. The average molecular weight is 328 g/mol. The molecular weight excluding hydrogens is 304 g/mol. The van der Waals surface area contributed by atoms with Crippen LogP contribution in [0.5, 0.6) is 0 Å². The topological polar surface area (TPSA) is 70.4 Å². The van der Waals surface area contributed by atoms with Gasteiger partial charge in [0, 0.05) is 18.5 Å². The number of carbonyl (C=O) groups is 1. The fourth-order valence-corrected chi connectivity index (χ4v) is 2.71. The molecule has 1 heterocycles. The molecule has 0 bridgehead atoms. The van der Waals surface area contributed by atoms with E-state index >= 15 is 0 Å². The minimum Gasteiger partial charge on any atom is -0.395 e. The molecule has 2 aromatic rings. The average Bonchev–Trinajstić information content (AvgIpc) is 3.36. The molecular formula is C18H24N4O2. The number of benzene rings is 1. The molecule has 1 aliphatic rings.